The van der Waals surface area contributed by atoms with Crippen LogP contribution >= 0.6 is 0 Å². The second-order valence-corrected chi connectivity index (χ2v) is 9.88. The predicted molar refractivity (Wildman–Crippen MR) is 129 cm³/mol. The van der Waals surface area contributed by atoms with Gasteiger partial charge < -0.3 is 0 Å². The molecule has 1 aromatic carbocycles. The molecule has 0 heterocycles. The zero-order valence-electron chi connectivity index (χ0n) is 19.8. The predicted octanol–water partition coefficient (Wildman–Crippen LogP) is 9.58. The van der Waals surface area contributed by atoms with E-state index in [2.05, 4.69) is 26.0 Å². The van der Waals surface area contributed by atoms with Crippen LogP contribution in [0.5, 0.6) is 0 Å². The molecule has 2 heteroatoms. The maximum absolute atomic E-state index is 14.7. The number of benzene rings is 1. The molecule has 0 spiro atoms. The molecule has 0 N–H and O–H groups in total. The van der Waals surface area contributed by atoms with Crippen LogP contribution in [0.3, 0.4) is 0 Å². The Balaban J connectivity index is 1.57. The van der Waals surface area contributed by atoms with Crippen molar-refractivity contribution in [3.63, 3.8) is 0 Å². The second-order valence-electron chi connectivity index (χ2n) is 9.88. The number of allylic oxidation sites excluding steroid dienone is 4. The van der Waals surface area contributed by atoms with Crippen LogP contribution < -0.4 is 0 Å². The fourth-order valence-corrected chi connectivity index (χ4v) is 5.57. The third-order valence-corrected chi connectivity index (χ3v) is 7.54. The van der Waals surface area contributed by atoms with Crippen LogP contribution in [0.1, 0.15) is 115 Å². The first-order chi connectivity index (χ1) is 15.1. The average Bonchev–Trinajstić information content (AvgIpc) is 2.78. The van der Waals surface area contributed by atoms with E-state index in [1.807, 2.05) is 0 Å². The van der Waals surface area contributed by atoms with Crippen molar-refractivity contribution in [2.75, 3.05) is 0 Å². The van der Waals surface area contributed by atoms with Crippen LogP contribution in [0.25, 0.3) is 5.57 Å². The topological polar surface area (TPSA) is 0 Å². The van der Waals surface area contributed by atoms with Crippen molar-refractivity contribution in [3.8, 4) is 0 Å². The summed E-state index contributed by atoms with van der Waals surface area (Å²) in [5.41, 5.74) is 3.63. The van der Waals surface area contributed by atoms with Crippen LogP contribution in [-0.4, -0.2) is 0 Å². The summed E-state index contributed by atoms with van der Waals surface area (Å²) in [5, 5.41) is 0. The van der Waals surface area contributed by atoms with Gasteiger partial charge in [-0.15, -0.1) is 0 Å². The fraction of sp³-hybridized carbons (Fsp3) is 0.655. The van der Waals surface area contributed by atoms with E-state index >= 15 is 0 Å². The smallest absolute Gasteiger partial charge is 0.129 e. The summed E-state index contributed by atoms with van der Waals surface area (Å²) in [4.78, 5) is 0. The second kappa shape index (κ2) is 12.6. The minimum atomic E-state index is -0.367. The van der Waals surface area contributed by atoms with Gasteiger partial charge in [0.25, 0.3) is 0 Å². The Morgan fingerprint density at radius 2 is 1.45 bits per heavy atom. The van der Waals surface area contributed by atoms with Crippen LogP contribution in [0, 0.1) is 23.5 Å². The van der Waals surface area contributed by atoms with E-state index in [1.165, 1.54) is 57.8 Å². The molecule has 2 aliphatic rings. The Labute approximate surface area is 189 Å². The van der Waals surface area contributed by atoms with Crippen molar-refractivity contribution >= 4 is 5.57 Å². The van der Waals surface area contributed by atoms with Crippen molar-refractivity contribution < 1.29 is 8.78 Å². The molecule has 1 aromatic rings. The number of hydrogen-bond donors (Lipinski definition) is 0. The lowest BCUT2D eigenvalue weighted by atomic mass is 9.74. The summed E-state index contributed by atoms with van der Waals surface area (Å²) in [5.74, 6) is 0.915. The number of halogens is 2. The molecule has 0 bridgehead atoms. The Bertz CT molecular complexity index is 727. The average molecular weight is 429 g/mol. The van der Waals surface area contributed by atoms with E-state index in [-0.39, 0.29) is 17.2 Å². The number of rotatable bonds is 11. The van der Waals surface area contributed by atoms with Gasteiger partial charge in [0.1, 0.15) is 11.6 Å². The van der Waals surface area contributed by atoms with Crippen molar-refractivity contribution in [3.05, 3.63) is 52.6 Å². The van der Waals surface area contributed by atoms with Gasteiger partial charge in [0.15, 0.2) is 0 Å². The van der Waals surface area contributed by atoms with Crippen LogP contribution in [0.2, 0.25) is 0 Å². The first-order valence-electron chi connectivity index (χ1n) is 13.0. The standard InChI is InChI=1S/C29H42F2/c1-3-5-6-7-8-9-11-27-28(30)20-26(21-29(27)31)25-18-16-24(17-19-25)23-14-12-22(10-4-2)13-15-23/h16,18,20-23H,3-15,17,19H2,1-2H3. The van der Waals surface area contributed by atoms with Gasteiger partial charge in [0, 0.05) is 5.56 Å². The highest BCUT2D eigenvalue weighted by Gasteiger charge is 2.24. The molecule has 0 radical (unpaired) electrons. The lowest BCUT2D eigenvalue weighted by molar-refractivity contribution is 0.283. The van der Waals surface area contributed by atoms with Crippen molar-refractivity contribution in [1.29, 1.82) is 0 Å². The van der Waals surface area contributed by atoms with Gasteiger partial charge in [-0.25, -0.2) is 8.78 Å². The normalized spacial score (nSPS) is 21.7. The Morgan fingerprint density at radius 3 is 2.06 bits per heavy atom. The Kier molecular flexibility index (Phi) is 9.81. The molecule has 0 saturated heterocycles. The summed E-state index contributed by atoms with van der Waals surface area (Å²) in [6, 6.07) is 3.13. The van der Waals surface area contributed by atoms with Gasteiger partial charge in [-0.1, -0.05) is 76.5 Å². The molecule has 0 atom stereocenters. The van der Waals surface area contributed by atoms with Gasteiger partial charge in [-0.2, -0.15) is 0 Å². The third kappa shape index (κ3) is 7.02. The summed E-state index contributed by atoms with van der Waals surface area (Å²) >= 11 is 0. The first kappa shape index (κ1) is 24.2. The van der Waals surface area contributed by atoms with Crippen LogP contribution in [0.4, 0.5) is 8.78 Å². The van der Waals surface area contributed by atoms with Gasteiger partial charge in [-0.3, -0.25) is 0 Å². The first-order valence-corrected chi connectivity index (χ1v) is 13.0. The maximum atomic E-state index is 14.7. The lowest BCUT2D eigenvalue weighted by Crippen LogP contribution is -2.17. The van der Waals surface area contributed by atoms with Gasteiger partial charge in [0.2, 0.25) is 0 Å². The molecule has 172 valence electrons. The zero-order valence-corrected chi connectivity index (χ0v) is 19.8. The Morgan fingerprint density at radius 1 is 0.774 bits per heavy atom. The van der Waals surface area contributed by atoms with Crippen LogP contribution in [-0.2, 0) is 6.42 Å². The molecule has 0 aromatic heterocycles. The molecule has 0 nitrogen and oxygen atoms in total. The minimum Gasteiger partial charge on any atom is -0.207 e. The van der Waals surface area contributed by atoms with E-state index in [0.717, 1.165) is 55.1 Å². The highest BCUT2D eigenvalue weighted by molar-refractivity contribution is 5.69. The Hall–Kier alpha value is -1.44. The SMILES string of the molecule is CCCCCCCCc1c(F)cc(C2=CC=C(C3CCC(CCC)CC3)CC2)cc1F. The number of hydrogen-bond acceptors (Lipinski definition) is 0. The van der Waals surface area contributed by atoms with E-state index in [4.69, 9.17) is 0 Å². The van der Waals surface area contributed by atoms with Crippen molar-refractivity contribution in [1.82, 2.24) is 0 Å². The maximum Gasteiger partial charge on any atom is 0.129 e. The molecular formula is C29H42F2. The van der Waals surface area contributed by atoms with Gasteiger partial charge >= 0.3 is 0 Å². The molecule has 0 aliphatic heterocycles. The van der Waals surface area contributed by atoms with Gasteiger partial charge in [-0.05, 0) is 86.5 Å². The lowest BCUT2D eigenvalue weighted by Gasteiger charge is -2.31. The molecular weight excluding hydrogens is 386 g/mol. The molecule has 31 heavy (non-hydrogen) atoms. The highest BCUT2D eigenvalue weighted by Crippen LogP contribution is 2.39. The summed E-state index contributed by atoms with van der Waals surface area (Å²) in [6.45, 7) is 4.48. The molecule has 0 amide bonds. The van der Waals surface area contributed by atoms with E-state index in [9.17, 15) is 8.78 Å². The van der Waals surface area contributed by atoms with Crippen molar-refractivity contribution in [2.45, 2.75) is 110 Å². The quantitative estimate of drug-likeness (QED) is 0.308. The highest BCUT2D eigenvalue weighted by atomic mass is 19.1. The largest absolute Gasteiger partial charge is 0.207 e. The van der Waals surface area contributed by atoms with E-state index < -0.39 is 0 Å². The monoisotopic (exact) mass is 428 g/mol. The summed E-state index contributed by atoms with van der Waals surface area (Å²) < 4.78 is 29.4. The molecule has 1 fully saturated rings. The minimum absolute atomic E-state index is 0.274. The summed E-state index contributed by atoms with van der Waals surface area (Å²) in [6.07, 6.45) is 21.6. The fourth-order valence-electron chi connectivity index (χ4n) is 5.57. The van der Waals surface area contributed by atoms with E-state index in [0.29, 0.717) is 6.42 Å². The summed E-state index contributed by atoms with van der Waals surface area (Å²) in [7, 11) is 0. The molecule has 2 aliphatic carbocycles. The molecule has 1 saturated carbocycles. The van der Waals surface area contributed by atoms with Crippen molar-refractivity contribution in [2.24, 2.45) is 11.8 Å². The third-order valence-electron chi connectivity index (χ3n) is 7.54. The number of unbranched alkanes of at least 4 members (excludes halogenated alkanes) is 5. The molecule has 0 unspecified atom stereocenters. The van der Waals surface area contributed by atoms with Gasteiger partial charge in [0.05, 0.1) is 0 Å². The zero-order chi connectivity index (χ0) is 22.1. The van der Waals surface area contributed by atoms with Crippen LogP contribution in [0.15, 0.2) is 29.9 Å². The molecule has 3 rings (SSSR count). The van der Waals surface area contributed by atoms with E-state index in [1.54, 1.807) is 17.7 Å².